The molecule has 0 bridgehead atoms. The van der Waals surface area contributed by atoms with E-state index in [2.05, 4.69) is 15.3 Å². The van der Waals surface area contributed by atoms with Crippen LogP contribution in [0.2, 0.25) is 0 Å². The molecule has 1 N–H and O–H groups in total. The fraction of sp³-hybridized carbons (Fsp3) is 0.400. The standard InChI is InChI=1S/C15H21N5O3S/c1-19(24(22,23)14-5-4-6-16-11-14)12-15(21)18-7-2-3-9-20-10-8-17-13-20/h4-6,8,10-11,13H,2-3,7,9,12H2,1H3,(H,18,21). The average molecular weight is 351 g/mol. The Balaban J connectivity index is 1.71. The molecule has 130 valence electrons. The number of pyridine rings is 1. The molecular formula is C15H21N5O3S. The number of unbranched alkanes of at least 4 members (excludes halogenated alkanes) is 1. The summed E-state index contributed by atoms with van der Waals surface area (Å²) >= 11 is 0. The number of rotatable bonds is 9. The number of likely N-dealkylation sites (N-methyl/N-ethyl adjacent to an activating group) is 1. The van der Waals surface area contributed by atoms with E-state index in [1.54, 1.807) is 18.6 Å². The molecule has 9 heteroatoms. The van der Waals surface area contributed by atoms with Gasteiger partial charge in [0.25, 0.3) is 0 Å². The van der Waals surface area contributed by atoms with Gasteiger partial charge in [0.05, 0.1) is 12.9 Å². The SMILES string of the molecule is CN(CC(=O)NCCCCn1ccnc1)S(=O)(=O)c1cccnc1. The van der Waals surface area contributed by atoms with Crippen molar-refractivity contribution in [3.05, 3.63) is 43.2 Å². The topological polar surface area (TPSA) is 97.2 Å². The van der Waals surface area contributed by atoms with Crippen LogP contribution in [0.1, 0.15) is 12.8 Å². The zero-order chi connectivity index (χ0) is 17.4. The van der Waals surface area contributed by atoms with Crippen LogP contribution in [0, 0.1) is 0 Å². The molecule has 0 aromatic carbocycles. The van der Waals surface area contributed by atoms with E-state index in [4.69, 9.17) is 0 Å². The van der Waals surface area contributed by atoms with Gasteiger partial charge in [0, 0.05) is 44.9 Å². The van der Waals surface area contributed by atoms with Crippen LogP contribution in [0.15, 0.2) is 48.1 Å². The molecule has 0 saturated carbocycles. The second kappa shape index (κ2) is 8.55. The summed E-state index contributed by atoms with van der Waals surface area (Å²) in [5.41, 5.74) is 0. The number of carbonyl (C=O) groups excluding carboxylic acids is 1. The van der Waals surface area contributed by atoms with E-state index in [0.717, 1.165) is 23.7 Å². The zero-order valence-corrected chi connectivity index (χ0v) is 14.3. The van der Waals surface area contributed by atoms with Crippen LogP contribution in [0.3, 0.4) is 0 Å². The van der Waals surface area contributed by atoms with Gasteiger partial charge in [-0.1, -0.05) is 0 Å². The van der Waals surface area contributed by atoms with Crippen LogP contribution in [0.25, 0.3) is 0 Å². The molecule has 0 radical (unpaired) electrons. The maximum atomic E-state index is 12.3. The highest BCUT2D eigenvalue weighted by Gasteiger charge is 2.22. The molecule has 0 fully saturated rings. The summed E-state index contributed by atoms with van der Waals surface area (Å²) in [6, 6.07) is 2.99. The quantitative estimate of drug-likeness (QED) is 0.663. The first-order chi connectivity index (χ1) is 11.5. The minimum Gasteiger partial charge on any atom is -0.355 e. The van der Waals surface area contributed by atoms with E-state index in [9.17, 15) is 13.2 Å². The van der Waals surface area contributed by atoms with Crippen molar-refractivity contribution in [1.29, 1.82) is 0 Å². The summed E-state index contributed by atoms with van der Waals surface area (Å²) in [6.07, 6.45) is 9.83. The van der Waals surface area contributed by atoms with Crippen LogP contribution < -0.4 is 5.32 Å². The van der Waals surface area contributed by atoms with Gasteiger partial charge in [0.1, 0.15) is 4.90 Å². The van der Waals surface area contributed by atoms with Crippen molar-refractivity contribution in [3.63, 3.8) is 0 Å². The predicted octanol–water partition coefficient (Wildman–Crippen LogP) is 0.495. The Morgan fingerprint density at radius 1 is 1.29 bits per heavy atom. The number of hydrogen-bond acceptors (Lipinski definition) is 5. The molecule has 0 spiro atoms. The Kier molecular flexibility index (Phi) is 6.44. The third kappa shape index (κ3) is 5.14. The second-order valence-corrected chi connectivity index (χ2v) is 7.35. The van der Waals surface area contributed by atoms with Crippen molar-refractivity contribution >= 4 is 15.9 Å². The Hall–Kier alpha value is -2.26. The first-order valence-corrected chi connectivity index (χ1v) is 9.03. The number of nitrogens with zero attached hydrogens (tertiary/aromatic N) is 4. The third-order valence-electron chi connectivity index (χ3n) is 3.43. The molecule has 2 heterocycles. The zero-order valence-electron chi connectivity index (χ0n) is 13.5. The molecule has 8 nitrogen and oxygen atoms in total. The smallest absolute Gasteiger partial charge is 0.244 e. The molecule has 0 unspecified atom stereocenters. The Morgan fingerprint density at radius 2 is 2.12 bits per heavy atom. The summed E-state index contributed by atoms with van der Waals surface area (Å²) in [6.45, 7) is 1.12. The lowest BCUT2D eigenvalue weighted by Gasteiger charge is -2.16. The van der Waals surface area contributed by atoms with Crippen LogP contribution in [-0.4, -0.2) is 53.3 Å². The van der Waals surface area contributed by atoms with Gasteiger partial charge < -0.3 is 9.88 Å². The van der Waals surface area contributed by atoms with Gasteiger partial charge in [0.2, 0.25) is 15.9 Å². The van der Waals surface area contributed by atoms with Crippen LogP contribution in [0.4, 0.5) is 0 Å². The third-order valence-corrected chi connectivity index (χ3v) is 5.22. The van der Waals surface area contributed by atoms with Gasteiger partial charge in [-0.3, -0.25) is 9.78 Å². The van der Waals surface area contributed by atoms with Crippen molar-refractivity contribution in [1.82, 2.24) is 24.2 Å². The number of amides is 1. The fourth-order valence-corrected chi connectivity index (χ4v) is 3.18. The summed E-state index contributed by atoms with van der Waals surface area (Å²) in [5.74, 6) is -0.326. The largest absolute Gasteiger partial charge is 0.355 e. The number of aromatic nitrogens is 3. The number of carbonyl (C=O) groups is 1. The molecule has 0 atom stereocenters. The van der Waals surface area contributed by atoms with Crippen LogP contribution in [0.5, 0.6) is 0 Å². The van der Waals surface area contributed by atoms with Crippen molar-refractivity contribution < 1.29 is 13.2 Å². The number of nitrogens with one attached hydrogen (secondary N) is 1. The number of hydrogen-bond donors (Lipinski definition) is 1. The normalized spacial score (nSPS) is 11.6. The highest BCUT2D eigenvalue weighted by atomic mass is 32.2. The van der Waals surface area contributed by atoms with Crippen molar-refractivity contribution in [2.75, 3.05) is 20.1 Å². The predicted molar refractivity (Wildman–Crippen MR) is 88.5 cm³/mol. The van der Waals surface area contributed by atoms with Gasteiger partial charge in [0.15, 0.2) is 0 Å². The molecular weight excluding hydrogens is 330 g/mol. The minimum atomic E-state index is -3.70. The number of sulfonamides is 1. The molecule has 2 rings (SSSR count). The van der Waals surface area contributed by atoms with E-state index in [0.29, 0.717) is 6.54 Å². The number of aryl methyl sites for hydroxylation is 1. The molecule has 1 amide bonds. The van der Waals surface area contributed by atoms with Crippen molar-refractivity contribution in [3.8, 4) is 0 Å². The lowest BCUT2D eigenvalue weighted by molar-refractivity contribution is -0.121. The summed E-state index contributed by atoms with van der Waals surface area (Å²) in [5, 5.41) is 2.73. The minimum absolute atomic E-state index is 0.0700. The average Bonchev–Trinajstić information content (AvgIpc) is 3.08. The Bertz CT molecular complexity index is 732. The summed E-state index contributed by atoms with van der Waals surface area (Å²) in [7, 11) is -2.32. The van der Waals surface area contributed by atoms with Gasteiger partial charge in [-0.25, -0.2) is 13.4 Å². The molecule has 0 saturated heterocycles. The van der Waals surface area contributed by atoms with Gasteiger partial charge in [-0.05, 0) is 25.0 Å². The Labute approximate surface area is 141 Å². The van der Waals surface area contributed by atoms with E-state index >= 15 is 0 Å². The maximum Gasteiger partial charge on any atom is 0.244 e. The molecule has 0 aliphatic heterocycles. The first kappa shape index (κ1) is 18.1. The highest BCUT2D eigenvalue weighted by molar-refractivity contribution is 7.89. The lowest BCUT2D eigenvalue weighted by atomic mass is 10.3. The van der Waals surface area contributed by atoms with Gasteiger partial charge in [-0.2, -0.15) is 4.31 Å². The summed E-state index contributed by atoms with van der Waals surface area (Å²) in [4.78, 5) is 19.7. The van der Waals surface area contributed by atoms with Crippen LogP contribution in [-0.2, 0) is 21.4 Å². The molecule has 0 aliphatic rings. The van der Waals surface area contributed by atoms with Crippen molar-refractivity contribution in [2.45, 2.75) is 24.3 Å². The van der Waals surface area contributed by atoms with E-state index in [1.807, 2.05) is 10.8 Å². The van der Waals surface area contributed by atoms with Gasteiger partial charge in [-0.15, -0.1) is 0 Å². The van der Waals surface area contributed by atoms with Crippen LogP contribution >= 0.6 is 0 Å². The van der Waals surface area contributed by atoms with Gasteiger partial charge >= 0.3 is 0 Å². The van der Waals surface area contributed by atoms with E-state index < -0.39 is 10.0 Å². The summed E-state index contributed by atoms with van der Waals surface area (Å²) < 4.78 is 27.5. The van der Waals surface area contributed by atoms with Crippen molar-refractivity contribution in [2.24, 2.45) is 0 Å². The van der Waals surface area contributed by atoms with E-state index in [-0.39, 0.29) is 17.3 Å². The maximum absolute atomic E-state index is 12.3. The second-order valence-electron chi connectivity index (χ2n) is 5.31. The number of imidazole rings is 1. The molecule has 0 aliphatic carbocycles. The highest BCUT2D eigenvalue weighted by Crippen LogP contribution is 2.11. The molecule has 2 aromatic rings. The van der Waals surface area contributed by atoms with E-state index in [1.165, 1.54) is 25.5 Å². The monoisotopic (exact) mass is 351 g/mol. The Morgan fingerprint density at radius 3 is 2.79 bits per heavy atom. The fourth-order valence-electron chi connectivity index (χ4n) is 2.09. The lowest BCUT2D eigenvalue weighted by Crippen LogP contribution is -2.38. The molecule has 24 heavy (non-hydrogen) atoms. The first-order valence-electron chi connectivity index (χ1n) is 7.59. The molecule has 2 aromatic heterocycles.